The molecule has 1 aromatic heterocycles. The van der Waals surface area contributed by atoms with Crippen LogP contribution in [0.2, 0.25) is 0 Å². The molecule has 0 radical (unpaired) electrons. The van der Waals surface area contributed by atoms with Crippen molar-refractivity contribution in [2.75, 3.05) is 68.8 Å². The number of aromatic nitrogens is 1. The maximum absolute atomic E-state index is 14.0. The summed E-state index contributed by atoms with van der Waals surface area (Å²) in [7, 11) is 0. The topological polar surface area (TPSA) is 130 Å². The molecular formula is C50H63N7O5. The number of nitrogens with zero attached hydrogens (tertiary/aromatic N) is 4. The minimum Gasteiger partial charge on any atom is -0.381 e. The first-order chi connectivity index (χ1) is 30.1. The lowest BCUT2D eigenvalue weighted by Gasteiger charge is -2.43. The maximum atomic E-state index is 14.0. The van der Waals surface area contributed by atoms with E-state index < -0.39 is 0 Å². The van der Waals surface area contributed by atoms with Crippen molar-refractivity contribution in [3.05, 3.63) is 116 Å². The fourth-order valence-electron chi connectivity index (χ4n) is 10.3. The summed E-state index contributed by atoms with van der Waals surface area (Å²) in [6.45, 7) is 17.3. The van der Waals surface area contributed by atoms with Crippen LogP contribution >= 0.6 is 0 Å². The van der Waals surface area contributed by atoms with Crippen LogP contribution in [0.3, 0.4) is 0 Å². The molecule has 3 N–H and O–H groups in total. The first kappa shape index (κ1) is 43.4. The molecule has 0 spiro atoms. The van der Waals surface area contributed by atoms with E-state index in [1.165, 1.54) is 11.3 Å². The second kappa shape index (κ2) is 19.4. The molecule has 3 amide bonds. The van der Waals surface area contributed by atoms with Crippen LogP contribution in [0.15, 0.2) is 71.5 Å². The highest BCUT2D eigenvalue weighted by molar-refractivity contribution is 6.01. The van der Waals surface area contributed by atoms with Crippen LogP contribution in [0.25, 0.3) is 11.1 Å². The third-order valence-corrected chi connectivity index (χ3v) is 13.8. The van der Waals surface area contributed by atoms with Gasteiger partial charge in [0.1, 0.15) is 0 Å². The summed E-state index contributed by atoms with van der Waals surface area (Å²) in [4.78, 5) is 64.3. The number of nitrogens with one attached hydrogen (secondary N) is 3. The molecule has 5 heterocycles. The Bertz CT molecular complexity index is 2300. The fraction of sp³-hybridized carbons (Fsp3) is 0.480. The van der Waals surface area contributed by atoms with Crippen LogP contribution in [0.1, 0.15) is 95.2 Å². The van der Waals surface area contributed by atoms with Crippen LogP contribution in [-0.4, -0.2) is 104 Å². The van der Waals surface area contributed by atoms with Crippen LogP contribution < -0.4 is 26.0 Å². The molecule has 12 nitrogen and oxygen atoms in total. The highest BCUT2D eigenvalue weighted by Gasteiger charge is 2.32. The Hall–Kier alpha value is -5.30. The predicted octanol–water partition coefficient (Wildman–Crippen LogP) is 6.21. The first-order valence-electron chi connectivity index (χ1n) is 22.8. The molecule has 4 aliphatic rings. The van der Waals surface area contributed by atoms with Gasteiger partial charge in [0.05, 0.1) is 5.92 Å². The summed E-state index contributed by atoms with van der Waals surface area (Å²) in [5.74, 6) is -0.799. The smallest absolute Gasteiger partial charge is 0.253 e. The SMILES string of the molecule is CCN(c1cc(-c2ccc(N3CCN(C4CCN(Cc5ccccc5C5CCC(=O)NC5=O)CC4)CC3)cc2)cc(C(=O)NCc2c(C)cc(C)[nH]c2=O)c1C)C1CCOCC1. The van der Waals surface area contributed by atoms with Crippen LogP contribution in [-0.2, 0) is 27.4 Å². The lowest BCUT2D eigenvalue weighted by molar-refractivity contribution is -0.134. The zero-order valence-corrected chi connectivity index (χ0v) is 36.9. The number of H-pyrrole nitrogens is 1. The summed E-state index contributed by atoms with van der Waals surface area (Å²) in [5, 5.41) is 5.61. The lowest BCUT2D eigenvalue weighted by atomic mass is 9.87. The predicted molar refractivity (Wildman–Crippen MR) is 245 cm³/mol. The first-order valence-corrected chi connectivity index (χ1v) is 22.8. The number of pyridine rings is 1. The van der Waals surface area contributed by atoms with Crippen molar-refractivity contribution in [3.8, 4) is 11.1 Å². The fourth-order valence-corrected chi connectivity index (χ4v) is 10.3. The third kappa shape index (κ3) is 9.67. The Morgan fingerprint density at radius 2 is 1.56 bits per heavy atom. The number of rotatable bonds is 12. The summed E-state index contributed by atoms with van der Waals surface area (Å²) in [5.41, 5.74) is 10.2. The number of carbonyl (C=O) groups is 3. The summed E-state index contributed by atoms with van der Waals surface area (Å²) < 4.78 is 5.72. The molecule has 328 valence electrons. The molecule has 8 rings (SSSR count). The number of carbonyl (C=O) groups excluding carboxylic acids is 3. The van der Waals surface area contributed by atoms with Gasteiger partial charge < -0.3 is 24.8 Å². The minimum atomic E-state index is -0.260. The number of hydrogen-bond acceptors (Lipinski definition) is 9. The number of likely N-dealkylation sites (tertiary alicyclic amines) is 1. The van der Waals surface area contributed by atoms with Crippen molar-refractivity contribution in [1.82, 2.24) is 25.4 Å². The van der Waals surface area contributed by atoms with Gasteiger partial charge in [-0.25, -0.2) is 0 Å². The third-order valence-electron chi connectivity index (χ3n) is 13.8. The van der Waals surface area contributed by atoms with E-state index in [0.717, 1.165) is 130 Å². The number of aromatic amines is 1. The molecule has 4 aliphatic heterocycles. The number of piperidine rings is 2. The molecular weight excluding hydrogens is 779 g/mol. The molecule has 0 saturated carbocycles. The Kier molecular flexibility index (Phi) is 13.6. The molecule has 0 aliphatic carbocycles. The summed E-state index contributed by atoms with van der Waals surface area (Å²) >= 11 is 0. The van der Waals surface area contributed by atoms with Gasteiger partial charge >= 0.3 is 0 Å². The molecule has 12 heteroatoms. The molecule has 1 atom stereocenters. The number of imide groups is 1. The Labute approximate surface area is 366 Å². The number of aryl methyl sites for hydroxylation is 2. The number of ether oxygens (including phenoxy) is 1. The molecule has 4 aromatic rings. The van der Waals surface area contributed by atoms with E-state index in [-0.39, 0.29) is 35.7 Å². The van der Waals surface area contributed by atoms with E-state index in [4.69, 9.17) is 4.74 Å². The van der Waals surface area contributed by atoms with Gasteiger partial charge in [0.2, 0.25) is 11.8 Å². The van der Waals surface area contributed by atoms with Gasteiger partial charge in [0.25, 0.3) is 11.5 Å². The van der Waals surface area contributed by atoms with Gasteiger partial charge in [-0.15, -0.1) is 0 Å². The van der Waals surface area contributed by atoms with Crippen molar-refractivity contribution in [2.24, 2.45) is 0 Å². The van der Waals surface area contributed by atoms with Crippen molar-refractivity contribution in [2.45, 2.75) is 97.3 Å². The Balaban J connectivity index is 0.911. The normalized spacial score (nSPS) is 19.7. The molecule has 4 fully saturated rings. The van der Waals surface area contributed by atoms with E-state index in [0.29, 0.717) is 36.1 Å². The van der Waals surface area contributed by atoms with Crippen LogP contribution in [0.4, 0.5) is 11.4 Å². The van der Waals surface area contributed by atoms with Crippen molar-refractivity contribution < 1.29 is 19.1 Å². The molecule has 62 heavy (non-hydrogen) atoms. The highest BCUT2D eigenvalue weighted by Crippen LogP contribution is 2.35. The van der Waals surface area contributed by atoms with E-state index in [1.54, 1.807) is 0 Å². The lowest BCUT2D eigenvalue weighted by Crippen LogP contribution is -2.53. The number of anilines is 2. The standard InChI is InChI=1S/C50H63N7O5/c1-5-57(41-18-26-62-27-19-41)46-30-38(29-44(35(46)4)48(59)51-31-45-33(2)28-34(3)52-50(45)61)36-10-12-39(13-11-36)55-22-24-56(25-23-55)40-16-20-54(21-17-40)32-37-8-6-7-9-42(37)43-14-15-47(58)53-49(43)60/h6-13,28-30,40-41,43H,5,14-27,31-32H2,1-4H3,(H,51,59)(H,52,61)(H,53,58,60). The van der Waals surface area contributed by atoms with Gasteiger partial charge in [-0.2, -0.15) is 0 Å². The molecule has 0 bridgehead atoms. The largest absolute Gasteiger partial charge is 0.381 e. The second-order valence-corrected chi connectivity index (χ2v) is 17.7. The number of piperazine rings is 1. The Morgan fingerprint density at radius 3 is 2.26 bits per heavy atom. The van der Waals surface area contributed by atoms with Gasteiger partial charge in [-0.1, -0.05) is 36.4 Å². The van der Waals surface area contributed by atoms with Crippen LogP contribution in [0.5, 0.6) is 0 Å². The van der Waals surface area contributed by atoms with E-state index in [2.05, 4.69) is 90.7 Å². The average Bonchev–Trinajstić information content (AvgIpc) is 3.28. The number of amides is 3. The van der Waals surface area contributed by atoms with E-state index >= 15 is 0 Å². The summed E-state index contributed by atoms with van der Waals surface area (Å²) in [6, 6.07) is 24.1. The second-order valence-electron chi connectivity index (χ2n) is 17.7. The Morgan fingerprint density at radius 1 is 0.839 bits per heavy atom. The van der Waals surface area contributed by atoms with Crippen LogP contribution in [0, 0.1) is 20.8 Å². The highest BCUT2D eigenvalue weighted by atomic mass is 16.5. The van der Waals surface area contributed by atoms with Crippen molar-refractivity contribution in [3.63, 3.8) is 0 Å². The molecule has 1 unspecified atom stereocenters. The van der Waals surface area contributed by atoms with Gasteiger partial charge in [0, 0.05) is 106 Å². The van der Waals surface area contributed by atoms with E-state index in [9.17, 15) is 19.2 Å². The quantitative estimate of drug-likeness (QED) is 0.143. The molecule has 3 aromatic carbocycles. The average molecular weight is 842 g/mol. The number of hydrogen-bond donors (Lipinski definition) is 3. The van der Waals surface area contributed by atoms with E-state index in [1.807, 2.05) is 39.0 Å². The maximum Gasteiger partial charge on any atom is 0.253 e. The van der Waals surface area contributed by atoms with Gasteiger partial charge in [0.15, 0.2) is 0 Å². The molecule has 4 saturated heterocycles. The van der Waals surface area contributed by atoms with Gasteiger partial charge in [-0.3, -0.25) is 34.3 Å². The summed E-state index contributed by atoms with van der Waals surface area (Å²) in [6.07, 6.45) is 5.11. The van der Waals surface area contributed by atoms with Gasteiger partial charge in [-0.05, 0) is 137 Å². The monoisotopic (exact) mass is 841 g/mol. The number of benzene rings is 3. The van der Waals surface area contributed by atoms with Crippen molar-refractivity contribution >= 4 is 29.1 Å². The van der Waals surface area contributed by atoms with Crippen molar-refractivity contribution in [1.29, 1.82) is 0 Å². The zero-order valence-electron chi connectivity index (χ0n) is 36.9. The zero-order chi connectivity index (χ0) is 43.3. The minimum absolute atomic E-state index is 0.154.